The van der Waals surface area contributed by atoms with E-state index in [2.05, 4.69) is 22.5 Å². The first-order valence-electron chi connectivity index (χ1n) is 6.20. The molecule has 0 aliphatic carbocycles. The molecule has 0 amide bonds. The van der Waals surface area contributed by atoms with Crippen LogP contribution in [-0.2, 0) is 17.6 Å². The van der Waals surface area contributed by atoms with E-state index >= 15 is 0 Å². The molecule has 0 aromatic carbocycles. The van der Waals surface area contributed by atoms with Gasteiger partial charge in [0.05, 0.1) is 5.69 Å². The molecular weight excluding hydrogens is 242 g/mol. The molecule has 3 heteroatoms. The van der Waals surface area contributed by atoms with E-state index in [0.29, 0.717) is 12.8 Å². The fraction of sp³-hybridized carbons (Fsp3) is 0.333. The zero-order chi connectivity index (χ0) is 12.8. The van der Waals surface area contributed by atoms with Gasteiger partial charge in [-0.2, -0.15) is 0 Å². The van der Waals surface area contributed by atoms with E-state index in [9.17, 15) is 4.79 Å². The smallest absolute Gasteiger partial charge is 0.138 e. The van der Waals surface area contributed by atoms with Crippen LogP contribution < -0.4 is 0 Å². The van der Waals surface area contributed by atoms with E-state index in [0.717, 1.165) is 24.1 Å². The molecule has 0 aliphatic rings. The predicted octanol–water partition coefficient (Wildman–Crippen LogP) is 3.59. The zero-order valence-electron chi connectivity index (χ0n) is 10.6. The van der Waals surface area contributed by atoms with Crippen molar-refractivity contribution in [1.82, 2.24) is 4.98 Å². The number of carbonyl (C=O) groups excluding carboxylic acids is 1. The molecule has 0 bridgehead atoms. The monoisotopic (exact) mass is 259 g/mol. The number of hydrogen-bond acceptors (Lipinski definition) is 3. The predicted molar refractivity (Wildman–Crippen MR) is 74.9 cm³/mol. The molecule has 2 rings (SSSR count). The Morgan fingerprint density at radius 1 is 1.33 bits per heavy atom. The van der Waals surface area contributed by atoms with Crippen molar-refractivity contribution in [2.24, 2.45) is 0 Å². The number of Topliss-reactive ketones (excluding diaryl/α,β-unsaturated/α-hetero) is 1. The molecule has 0 unspecified atom stereocenters. The van der Waals surface area contributed by atoms with E-state index in [1.54, 1.807) is 17.5 Å². The van der Waals surface area contributed by atoms with Crippen molar-refractivity contribution in [1.29, 1.82) is 0 Å². The molecule has 18 heavy (non-hydrogen) atoms. The largest absolute Gasteiger partial charge is 0.299 e. The van der Waals surface area contributed by atoms with Crippen LogP contribution in [0.3, 0.4) is 0 Å². The molecule has 0 fully saturated rings. The zero-order valence-corrected chi connectivity index (χ0v) is 11.4. The second kappa shape index (κ2) is 6.45. The highest BCUT2D eigenvalue weighted by Crippen LogP contribution is 2.13. The van der Waals surface area contributed by atoms with Gasteiger partial charge in [-0.3, -0.25) is 9.78 Å². The number of hydrogen-bond donors (Lipinski definition) is 0. The molecule has 0 aliphatic heterocycles. The third kappa shape index (κ3) is 3.77. The number of ketones is 1. The van der Waals surface area contributed by atoms with Gasteiger partial charge < -0.3 is 0 Å². The quantitative estimate of drug-likeness (QED) is 0.793. The molecule has 0 spiro atoms. The van der Waals surface area contributed by atoms with Crippen molar-refractivity contribution in [2.75, 3.05) is 0 Å². The van der Waals surface area contributed by atoms with Crippen molar-refractivity contribution < 1.29 is 4.79 Å². The fourth-order valence-corrected chi connectivity index (χ4v) is 2.64. The molecule has 2 aromatic rings. The van der Waals surface area contributed by atoms with Gasteiger partial charge in [0.25, 0.3) is 0 Å². The van der Waals surface area contributed by atoms with Crippen LogP contribution in [0.2, 0.25) is 0 Å². The van der Waals surface area contributed by atoms with Crippen LogP contribution in [0.4, 0.5) is 0 Å². The molecule has 0 radical (unpaired) electrons. The summed E-state index contributed by atoms with van der Waals surface area (Å²) >= 11 is 1.76. The number of nitrogens with zero attached hydrogens (tertiary/aromatic N) is 1. The van der Waals surface area contributed by atoms with Crippen molar-refractivity contribution in [3.05, 3.63) is 52.0 Å². The maximum atomic E-state index is 11.9. The number of aryl methyl sites for hydroxylation is 2. The normalized spacial score (nSPS) is 10.5. The number of pyridine rings is 1. The van der Waals surface area contributed by atoms with Crippen LogP contribution in [0.15, 0.2) is 35.8 Å². The van der Waals surface area contributed by atoms with E-state index < -0.39 is 0 Å². The Kier molecular flexibility index (Phi) is 4.65. The second-order valence-electron chi connectivity index (χ2n) is 4.42. The maximum Gasteiger partial charge on any atom is 0.138 e. The lowest BCUT2D eigenvalue weighted by molar-refractivity contribution is -0.118. The highest BCUT2D eigenvalue weighted by atomic mass is 32.1. The molecule has 2 nitrogen and oxygen atoms in total. The summed E-state index contributed by atoms with van der Waals surface area (Å²) in [6.45, 7) is 2.00. The van der Waals surface area contributed by atoms with Crippen molar-refractivity contribution >= 4 is 17.1 Å². The Morgan fingerprint density at radius 3 is 2.94 bits per heavy atom. The minimum atomic E-state index is 0.286. The highest BCUT2D eigenvalue weighted by molar-refractivity contribution is 7.09. The fourth-order valence-electron chi connectivity index (χ4n) is 1.89. The van der Waals surface area contributed by atoms with Gasteiger partial charge in [0.15, 0.2) is 0 Å². The first-order chi connectivity index (χ1) is 8.75. The van der Waals surface area contributed by atoms with Crippen molar-refractivity contribution in [3.63, 3.8) is 0 Å². The van der Waals surface area contributed by atoms with E-state index in [-0.39, 0.29) is 5.78 Å². The van der Waals surface area contributed by atoms with Gasteiger partial charge in [-0.15, -0.1) is 11.3 Å². The summed E-state index contributed by atoms with van der Waals surface area (Å²) in [4.78, 5) is 17.5. The van der Waals surface area contributed by atoms with Gasteiger partial charge in [-0.1, -0.05) is 12.1 Å². The lowest BCUT2D eigenvalue weighted by atomic mass is 10.1. The molecule has 0 N–H and O–H groups in total. The van der Waals surface area contributed by atoms with E-state index in [4.69, 9.17) is 0 Å². The Hall–Kier alpha value is -1.48. The Bertz CT molecular complexity index is 505. The molecule has 0 atom stereocenters. The van der Waals surface area contributed by atoms with Gasteiger partial charge >= 0.3 is 0 Å². The summed E-state index contributed by atoms with van der Waals surface area (Å²) < 4.78 is 0. The summed E-state index contributed by atoms with van der Waals surface area (Å²) in [5, 5.41) is 2.08. The lowest BCUT2D eigenvalue weighted by Gasteiger charge is -2.03. The molecular formula is C15H17NOS. The molecule has 2 heterocycles. The number of thiophene rings is 1. The molecule has 0 saturated carbocycles. The summed E-state index contributed by atoms with van der Waals surface area (Å²) in [5.41, 5.74) is 2.02. The summed E-state index contributed by atoms with van der Waals surface area (Å²) in [6, 6.07) is 8.08. The average Bonchev–Trinajstić information content (AvgIpc) is 2.85. The minimum Gasteiger partial charge on any atom is -0.299 e. The average molecular weight is 259 g/mol. The van der Waals surface area contributed by atoms with Crippen LogP contribution in [-0.4, -0.2) is 10.8 Å². The SMILES string of the molecule is Cc1cccnc1CC(=O)CCCc1cccs1. The van der Waals surface area contributed by atoms with Crippen LogP contribution in [0.5, 0.6) is 0 Å². The number of aromatic nitrogens is 1. The summed E-state index contributed by atoms with van der Waals surface area (Å²) in [5.74, 6) is 0.286. The Balaban J connectivity index is 1.77. The number of rotatable bonds is 6. The molecule has 94 valence electrons. The van der Waals surface area contributed by atoms with Gasteiger partial charge in [0, 0.05) is 23.9 Å². The van der Waals surface area contributed by atoms with Gasteiger partial charge in [-0.05, 0) is 42.8 Å². The lowest BCUT2D eigenvalue weighted by Crippen LogP contribution is -2.06. The van der Waals surface area contributed by atoms with Crippen LogP contribution in [0, 0.1) is 6.92 Å². The summed E-state index contributed by atoms with van der Waals surface area (Å²) in [7, 11) is 0. The van der Waals surface area contributed by atoms with Gasteiger partial charge in [0.1, 0.15) is 5.78 Å². The van der Waals surface area contributed by atoms with Crippen molar-refractivity contribution in [3.8, 4) is 0 Å². The first kappa shape index (κ1) is 13.0. The van der Waals surface area contributed by atoms with E-state index in [1.807, 2.05) is 19.1 Å². The third-order valence-electron chi connectivity index (χ3n) is 2.94. The van der Waals surface area contributed by atoms with Crippen LogP contribution >= 0.6 is 11.3 Å². The summed E-state index contributed by atoms with van der Waals surface area (Å²) in [6.07, 6.45) is 4.81. The first-order valence-corrected chi connectivity index (χ1v) is 7.08. The topological polar surface area (TPSA) is 30.0 Å². The van der Waals surface area contributed by atoms with Crippen molar-refractivity contribution in [2.45, 2.75) is 32.6 Å². The maximum absolute atomic E-state index is 11.9. The standard InChI is InChI=1S/C15H17NOS/c1-12-5-3-9-16-15(12)11-13(17)6-2-7-14-8-4-10-18-14/h3-5,8-10H,2,6-7,11H2,1H3. The van der Waals surface area contributed by atoms with Crippen LogP contribution in [0.25, 0.3) is 0 Å². The van der Waals surface area contributed by atoms with Gasteiger partial charge in [0.2, 0.25) is 0 Å². The molecule has 2 aromatic heterocycles. The minimum absolute atomic E-state index is 0.286. The third-order valence-corrected chi connectivity index (χ3v) is 3.88. The van der Waals surface area contributed by atoms with Gasteiger partial charge in [-0.25, -0.2) is 0 Å². The van der Waals surface area contributed by atoms with Crippen LogP contribution in [0.1, 0.15) is 29.0 Å². The highest BCUT2D eigenvalue weighted by Gasteiger charge is 2.07. The van der Waals surface area contributed by atoms with E-state index in [1.165, 1.54) is 4.88 Å². The Morgan fingerprint density at radius 2 is 2.22 bits per heavy atom. The molecule has 0 saturated heterocycles. The second-order valence-corrected chi connectivity index (χ2v) is 5.45. The Labute approximate surface area is 112 Å². The number of carbonyl (C=O) groups is 1.